The average Bonchev–Trinajstić information content (AvgIpc) is 2.47. The SMILES string of the molecule is Cc1ccc2c(c1)CCCN2S(=O)(=O)C1CCCNC1. The molecule has 0 aliphatic carbocycles. The number of nitrogens with zero attached hydrogens (tertiary/aromatic N) is 1. The predicted octanol–water partition coefficient (Wildman–Crippen LogP) is 1.83. The molecule has 1 saturated heterocycles. The van der Waals surface area contributed by atoms with E-state index in [1.54, 1.807) is 4.31 Å². The first kappa shape index (κ1) is 13.9. The molecule has 0 aromatic heterocycles. The van der Waals surface area contributed by atoms with Crippen LogP contribution in [0, 0.1) is 6.92 Å². The molecule has 2 heterocycles. The third-order valence-electron chi connectivity index (χ3n) is 4.29. The summed E-state index contributed by atoms with van der Waals surface area (Å²) in [5.74, 6) is 0. The van der Waals surface area contributed by atoms with Gasteiger partial charge in [0, 0.05) is 13.1 Å². The number of hydrogen-bond donors (Lipinski definition) is 1. The molecule has 2 aliphatic heterocycles. The zero-order valence-corrected chi connectivity index (χ0v) is 12.7. The summed E-state index contributed by atoms with van der Waals surface area (Å²) in [5.41, 5.74) is 3.26. The maximum Gasteiger partial charge on any atom is 0.239 e. The maximum absolute atomic E-state index is 12.9. The lowest BCUT2D eigenvalue weighted by Crippen LogP contribution is -2.47. The Labute approximate surface area is 121 Å². The van der Waals surface area contributed by atoms with Gasteiger partial charge in [-0.1, -0.05) is 17.7 Å². The van der Waals surface area contributed by atoms with Crippen molar-refractivity contribution in [3.63, 3.8) is 0 Å². The van der Waals surface area contributed by atoms with Crippen molar-refractivity contribution in [2.75, 3.05) is 23.9 Å². The molecule has 0 saturated carbocycles. The third kappa shape index (κ3) is 2.44. The Kier molecular flexibility index (Phi) is 3.73. The molecule has 4 nitrogen and oxygen atoms in total. The fraction of sp³-hybridized carbons (Fsp3) is 0.600. The lowest BCUT2D eigenvalue weighted by Gasteiger charge is -2.35. The zero-order chi connectivity index (χ0) is 14.2. The van der Waals surface area contributed by atoms with Crippen molar-refractivity contribution in [1.29, 1.82) is 0 Å². The van der Waals surface area contributed by atoms with E-state index in [-0.39, 0.29) is 5.25 Å². The summed E-state index contributed by atoms with van der Waals surface area (Å²) in [7, 11) is -3.24. The van der Waals surface area contributed by atoms with Gasteiger partial charge in [-0.05, 0) is 50.8 Å². The fourth-order valence-electron chi connectivity index (χ4n) is 3.21. The zero-order valence-electron chi connectivity index (χ0n) is 11.9. The molecule has 20 heavy (non-hydrogen) atoms. The smallest absolute Gasteiger partial charge is 0.239 e. The Morgan fingerprint density at radius 1 is 1.30 bits per heavy atom. The van der Waals surface area contributed by atoms with Crippen LogP contribution >= 0.6 is 0 Å². The van der Waals surface area contributed by atoms with E-state index in [1.165, 1.54) is 11.1 Å². The van der Waals surface area contributed by atoms with Crippen LogP contribution in [0.15, 0.2) is 18.2 Å². The van der Waals surface area contributed by atoms with Crippen LogP contribution in [0.1, 0.15) is 30.4 Å². The molecule has 5 heteroatoms. The molecule has 1 N–H and O–H groups in total. The second-order valence-corrected chi connectivity index (χ2v) is 7.96. The molecule has 2 aliphatic rings. The first-order chi connectivity index (χ1) is 9.59. The van der Waals surface area contributed by atoms with Gasteiger partial charge in [0.15, 0.2) is 0 Å². The Morgan fingerprint density at radius 2 is 2.15 bits per heavy atom. The van der Waals surface area contributed by atoms with Crippen molar-refractivity contribution in [2.45, 2.75) is 37.9 Å². The quantitative estimate of drug-likeness (QED) is 0.905. The maximum atomic E-state index is 12.9. The number of nitrogens with one attached hydrogen (secondary N) is 1. The minimum absolute atomic E-state index is 0.275. The number of piperidine rings is 1. The molecule has 1 aromatic carbocycles. The summed E-state index contributed by atoms with van der Waals surface area (Å²) in [6.45, 7) is 4.19. The van der Waals surface area contributed by atoms with E-state index >= 15 is 0 Å². The topological polar surface area (TPSA) is 49.4 Å². The summed E-state index contributed by atoms with van der Waals surface area (Å²) < 4.78 is 27.4. The van der Waals surface area contributed by atoms with Gasteiger partial charge in [0.05, 0.1) is 10.9 Å². The lowest BCUT2D eigenvalue weighted by molar-refractivity contribution is 0.493. The highest BCUT2D eigenvalue weighted by atomic mass is 32.2. The van der Waals surface area contributed by atoms with Crippen molar-refractivity contribution < 1.29 is 8.42 Å². The number of benzene rings is 1. The molecule has 1 aromatic rings. The predicted molar refractivity (Wildman–Crippen MR) is 81.7 cm³/mol. The number of fused-ring (bicyclic) bond motifs is 1. The van der Waals surface area contributed by atoms with E-state index in [0.29, 0.717) is 13.1 Å². The van der Waals surface area contributed by atoms with Crippen LogP contribution in [0.5, 0.6) is 0 Å². The molecule has 1 atom stereocenters. The Balaban J connectivity index is 1.95. The molecule has 3 rings (SSSR count). The standard InChI is InChI=1S/C15H22N2O2S/c1-12-6-7-15-13(10-12)4-3-9-17(15)20(18,19)14-5-2-8-16-11-14/h6-7,10,14,16H,2-5,8-9,11H2,1H3. The van der Waals surface area contributed by atoms with Gasteiger partial charge < -0.3 is 5.32 Å². The number of hydrogen-bond acceptors (Lipinski definition) is 3. The van der Waals surface area contributed by atoms with Gasteiger partial charge in [-0.15, -0.1) is 0 Å². The van der Waals surface area contributed by atoms with Crippen LogP contribution in [-0.4, -0.2) is 33.3 Å². The van der Waals surface area contributed by atoms with Crippen molar-refractivity contribution >= 4 is 15.7 Å². The van der Waals surface area contributed by atoms with Crippen LogP contribution in [0.25, 0.3) is 0 Å². The Morgan fingerprint density at radius 3 is 2.90 bits per heavy atom. The lowest BCUT2D eigenvalue weighted by atomic mass is 10.0. The highest BCUT2D eigenvalue weighted by Gasteiger charge is 2.35. The van der Waals surface area contributed by atoms with Crippen LogP contribution < -0.4 is 9.62 Å². The van der Waals surface area contributed by atoms with Crippen molar-refractivity contribution in [3.05, 3.63) is 29.3 Å². The van der Waals surface area contributed by atoms with Crippen molar-refractivity contribution in [3.8, 4) is 0 Å². The van der Waals surface area contributed by atoms with Gasteiger partial charge in [0.2, 0.25) is 10.0 Å². The summed E-state index contributed by atoms with van der Waals surface area (Å²) >= 11 is 0. The molecule has 0 spiro atoms. The number of aryl methyl sites for hydroxylation is 2. The highest BCUT2D eigenvalue weighted by molar-refractivity contribution is 7.93. The molecule has 1 unspecified atom stereocenters. The normalized spacial score (nSPS) is 23.4. The molecular weight excluding hydrogens is 272 g/mol. The van der Waals surface area contributed by atoms with E-state index < -0.39 is 10.0 Å². The first-order valence-corrected chi connectivity index (χ1v) is 8.91. The minimum atomic E-state index is -3.24. The third-order valence-corrected chi connectivity index (χ3v) is 6.53. The molecule has 0 amide bonds. The van der Waals surface area contributed by atoms with E-state index in [2.05, 4.69) is 18.3 Å². The molecule has 0 radical (unpaired) electrons. The number of rotatable bonds is 2. The van der Waals surface area contributed by atoms with Crippen LogP contribution in [0.2, 0.25) is 0 Å². The van der Waals surface area contributed by atoms with Gasteiger partial charge in [-0.3, -0.25) is 4.31 Å². The van der Waals surface area contributed by atoms with Gasteiger partial charge in [-0.2, -0.15) is 0 Å². The van der Waals surface area contributed by atoms with Crippen LogP contribution in [0.4, 0.5) is 5.69 Å². The average molecular weight is 294 g/mol. The molecule has 0 bridgehead atoms. The fourth-order valence-corrected chi connectivity index (χ4v) is 5.20. The highest BCUT2D eigenvalue weighted by Crippen LogP contribution is 2.32. The molecule has 110 valence electrons. The van der Waals surface area contributed by atoms with Gasteiger partial charge >= 0.3 is 0 Å². The largest absolute Gasteiger partial charge is 0.315 e. The van der Waals surface area contributed by atoms with E-state index in [9.17, 15) is 8.42 Å². The van der Waals surface area contributed by atoms with Crippen molar-refractivity contribution in [1.82, 2.24) is 5.32 Å². The second kappa shape index (κ2) is 5.37. The molecular formula is C15H22N2O2S. The number of sulfonamides is 1. The summed E-state index contributed by atoms with van der Waals surface area (Å²) in [6, 6.07) is 6.10. The van der Waals surface area contributed by atoms with Crippen molar-refractivity contribution in [2.24, 2.45) is 0 Å². The van der Waals surface area contributed by atoms with Crippen LogP contribution in [-0.2, 0) is 16.4 Å². The summed E-state index contributed by atoms with van der Waals surface area (Å²) in [5, 5.41) is 2.93. The Hall–Kier alpha value is -1.07. The summed E-state index contributed by atoms with van der Waals surface area (Å²) in [4.78, 5) is 0. The molecule has 1 fully saturated rings. The van der Waals surface area contributed by atoms with Gasteiger partial charge in [-0.25, -0.2) is 8.42 Å². The van der Waals surface area contributed by atoms with Crippen LogP contribution in [0.3, 0.4) is 0 Å². The second-order valence-electron chi connectivity index (χ2n) is 5.82. The number of anilines is 1. The van der Waals surface area contributed by atoms with E-state index in [1.807, 2.05) is 12.1 Å². The van der Waals surface area contributed by atoms with Gasteiger partial charge in [0.25, 0.3) is 0 Å². The Bertz CT molecular complexity index is 592. The summed E-state index contributed by atoms with van der Waals surface area (Å²) in [6.07, 6.45) is 3.60. The monoisotopic (exact) mass is 294 g/mol. The van der Waals surface area contributed by atoms with E-state index in [4.69, 9.17) is 0 Å². The van der Waals surface area contributed by atoms with E-state index in [0.717, 1.165) is 37.9 Å². The first-order valence-electron chi connectivity index (χ1n) is 7.41. The minimum Gasteiger partial charge on any atom is -0.315 e. The van der Waals surface area contributed by atoms with Gasteiger partial charge in [0.1, 0.15) is 0 Å².